The van der Waals surface area contributed by atoms with E-state index in [1.807, 2.05) is 0 Å². The summed E-state index contributed by atoms with van der Waals surface area (Å²) in [5, 5.41) is 30.8. The van der Waals surface area contributed by atoms with E-state index in [2.05, 4.69) is 5.32 Å². The Bertz CT molecular complexity index is 435. The van der Waals surface area contributed by atoms with Crippen molar-refractivity contribution < 1.29 is 28.5 Å². The SMILES string of the molecule is CC(O)(CO)CNCC(O)c1cccc(C(F)(F)F)c1. The van der Waals surface area contributed by atoms with Crippen molar-refractivity contribution in [2.45, 2.75) is 24.8 Å². The van der Waals surface area contributed by atoms with Gasteiger partial charge in [-0.1, -0.05) is 12.1 Å². The number of nitrogens with one attached hydrogen (secondary N) is 1. The Balaban J connectivity index is 2.62. The second-order valence-corrected chi connectivity index (χ2v) is 4.92. The summed E-state index contributed by atoms with van der Waals surface area (Å²) < 4.78 is 37.6. The molecule has 4 nitrogen and oxygen atoms in total. The van der Waals surface area contributed by atoms with Crippen LogP contribution in [-0.2, 0) is 6.18 Å². The smallest absolute Gasteiger partial charge is 0.393 e. The first kappa shape index (κ1) is 16.9. The molecule has 1 rings (SSSR count). The van der Waals surface area contributed by atoms with Gasteiger partial charge in [-0.25, -0.2) is 0 Å². The molecule has 114 valence electrons. The first-order valence-electron chi connectivity index (χ1n) is 6.05. The first-order valence-corrected chi connectivity index (χ1v) is 6.05. The third-order valence-electron chi connectivity index (χ3n) is 2.78. The molecule has 0 fully saturated rings. The largest absolute Gasteiger partial charge is 0.416 e. The highest BCUT2D eigenvalue weighted by Crippen LogP contribution is 2.30. The van der Waals surface area contributed by atoms with Gasteiger partial charge in [0.15, 0.2) is 0 Å². The van der Waals surface area contributed by atoms with Crippen LogP contribution < -0.4 is 5.32 Å². The quantitative estimate of drug-likeness (QED) is 0.633. The second kappa shape index (κ2) is 6.53. The highest BCUT2D eigenvalue weighted by atomic mass is 19.4. The molecule has 2 unspecified atom stereocenters. The van der Waals surface area contributed by atoms with E-state index in [0.717, 1.165) is 12.1 Å². The van der Waals surface area contributed by atoms with Crippen molar-refractivity contribution in [3.05, 3.63) is 35.4 Å². The highest BCUT2D eigenvalue weighted by Gasteiger charge is 2.30. The highest BCUT2D eigenvalue weighted by molar-refractivity contribution is 5.27. The molecule has 0 aliphatic rings. The molecule has 0 bridgehead atoms. The van der Waals surface area contributed by atoms with Crippen molar-refractivity contribution in [2.75, 3.05) is 19.7 Å². The second-order valence-electron chi connectivity index (χ2n) is 4.92. The fraction of sp³-hybridized carbons (Fsp3) is 0.538. The summed E-state index contributed by atoms with van der Waals surface area (Å²) >= 11 is 0. The molecule has 0 saturated heterocycles. The van der Waals surface area contributed by atoms with Crippen molar-refractivity contribution in [1.29, 1.82) is 0 Å². The standard InChI is InChI=1S/C13H18F3NO3/c1-12(20,8-18)7-17-6-11(19)9-3-2-4-10(5-9)13(14,15)16/h2-5,11,17-20H,6-8H2,1H3. The van der Waals surface area contributed by atoms with E-state index in [0.29, 0.717) is 0 Å². The Morgan fingerprint density at radius 2 is 1.95 bits per heavy atom. The predicted octanol–water partition coefficient (Wildman–Crippen LogP) is 1.07. The topological polar surface area (TPSA) is 72.7 Å². The minimum absolute atomic E-state index is 0.0134. The van der Waals surface area contributed by atoms with E-state index in [1.165, 1.54) is 19.1 Å². The van der Waals surface area contributed by atoms with Gasteiger partial charge >= 0.3 is 6.18 Å². The summed E-state index contributed by atoms with van der Waals surface area (Å²) in [5.74, 6) is 0. The lowest BCUT2D eigenvalue weighted by molar-refractivity contribution is -0.137. The number of hydrogen-bond acceptors (Lipinski definition) is 4. The van der Waals surface area contributed by atoms with Crippen molar-refractivity contribution >= 4 is 0 Å². The zero-order valence-electron chi connectivity index (χ0n) is 11.0. The van der Waals surface area contributed by atoms with Gasteiger partial charge in [0.05, 0.1) is 23.9 Å². The van der Waals surface area contributed by atoms with Gasteiger partial charge in [0, 0.05) is 13.1 Å². The van der Waals surface area contributed by atoms with Gasteiger partial charge < -0.3 is 20.6 Å². The van der Waals surface area contributed by atoms with Gasteiger partial charge in [-0.05, 0) is 24.6 Å². The number of benzene rings is 1. The van der Waals surface area contributed by atoms with Crippen LogP contribution in [0.15, 0.2) is 24.3 Å². The number of hydrogen-bond donors (Lipinski definition) is 4. The maximum atomic E-state index is 12.5. The van der Waals surface area contributed by atoms with Crippen LogP contribution in [0.1, 0.15) is 24.2 Å². The minimum atomic E-state index is -4.45. The zero-order valence-corrected chi connectivity index (χ0v) is 11.0. The molecule has 0 aromatic heterocycles. The molecule has 1 aromatic rings. The molecule has 2 atom stereocenters. The Hall–Kier alpha value is -1.15. The lowest BCUT2D eigenvalue weighted by atomic mass is 10.0. The van der Waals surface area contributed by atoms with E-state index in [9.17, 15) is 23.4 Å². The third-order valence-corrected chi connectivity index (χ3v) is 2.78. The summed E-state index contributed by atoms with van der Waals surface area (Å²) in [6, 6.07) is 4.44. The van der Waals surface area contributed by atoms with Gasteiger partial charge in [-0.3, -0.25) is 0 Å². The van der Waals surface area contributed by atoms with Crippen molar-refractivity contribution in [2.24, 2.45) is 0 Å². The molecule has 0 spiro atoms. The van der Waals surface area contributed by atoms with E-state index in [-0.39, 0.29) is 18.7 Å². The van der Waals surface area contributed by atoms with Crippen molar-refractivity contribution in [1.82, 2.24) is 5.32 Å². The molecule has 20 heavy (non-hydrogen) atoms. The van der Waals surface area contributed by atoms with Crippen LogP contribution in [-0.4, -0.2) is 40.6 Å². The number of halogens is 3. The van der Waals surface area contributed by atoms with Crippen LogP contribution in [0.4, 0.5) is 13.2 Å². The van der Waals surface area contributed by atoms with Crippen LogP contribution in [0.2, 0.25) is 0 Å². The van der Waals surface area contributed by atoms with E-state index < -0.39 is 30.1 Å². The molecule has 0 aliphatic carbocycles. The summed E-state index contributed by atoms with van der Waals surface area (Å²) in [6.07, 6.45) is -5.59. The number of aliphatic hydroxyl groups is 3. The Morgan fingerprint density at radius 1 is 1.30 bits per heavy atom. The van der Waals surface area contributed by atoms with Crippen LogP contribution in [0.3, 0.4) is 0 Å². The molecule has 4 N–H and O–H groups in total. The minimum Gasteiger partial charge on any atom is -0.393 e. The Kier molecular flexibility index (Phi) is 5.52. The van der Waals surface area contributed by atoms with E-state index in [4.69, 9.17) is 5.11 Å². The number of aliphatic hydroxyl groups excluding tert-OH is 2. The van der Waals surface area contributed by atoms with E-state index in [1.54, 1.807) is 0 Å². The third kappa shape index (κ3) is 5.09. The van der Waals surface area contributed by atoms with Crippen LogP contribution >= 0.6 is 0 Å². The average molecular weight is 293 g/mol. The van der Waals surface area contributed by atoms with Gasteiger partial charge in [-0.15, -0.1) is 0 Å². The zero-order chi connectivity index (χ0) is 15.4. The predicted molar refractivity (Wildman–Crippen MR) is 67.0 cm³/mol. The average Bonchev–Trinajstić information content (AvgIpc) is 2.37. The Morgan fingerprint density at radius 3 is 2.50 bits per heavy atom. The normalized spacial score (nSPS) is 16.8. The molecular weight excluding hydrogens is 275 g/mol. The van der Waals surface area contributed by atoms with Gasteiger partial charge in [0.25, 0.3) is 0 Å². The molecule has 0 aliphatic heterocycles. The van der Waals surface area contributed by atoms with Gasteiger partial charge in [0.2, 0.25) is 0 Å². The summed E-state index contributed by atoms with van der Waals surface area (Å²) in [4.78, 5) is 0. The maximum Gasteiger partial charge on any atom is 0.416 e. The lowest BCUT2D eigenvalue weighted by Crippen LogP contribution is -2.42. The Labute approximate surface area is 114 Å². The lowest BCUT2D eigenvalue weighted by Gasteiger charge is -2.22. The molecule has 7 heteroatoms. The summed E-state index contributed by atoms with van der Waals surface area (Å²) in [6.45, 7) is 0.924. The van der Waals surface area contributed by atoms with E-state index >= 15 is 0 Å². The summed E-state index contributed by atoms with van der Waals surface area (Å²) in [5.41, 5.74) is -2.03. The van der Waals surface area contributed by atoms with Crippen LogP contribution in [0.25, 0.3) is 0 Å². The fourth-order valence-electron chi connectivity index (χ4n) is 1.57. The van der Waals surface area contributed by atoms with Crippen LogP contribution in [0.5, 0.6) is 0 Å². The first-order chi connectivity index (χ1) is 9.15. The molecule has 1 aromatic carbocycles. The molecule has 0 radical (unpaired) electrons. The summed E-state index contributed by atoms with van der Waals surface area (Å²) in [7, 11) is 0. The van der Waals surface area contributed by atoms with Gasteiger partial charge in [-0.2, -0.15) is 13.2 Å². The fourth-order valence-corrected chi connectivity index (χ4v) is 1.57. The number of rotatable bonds is 6. The van der Waals surface area contributed by atoms with Gasteiger partial charge in [0.1, 0.15) is 0 Å². The molecular formula is C13H18F3NO3. The number of alkyl halides is 3. The monoisotopic (exact) mass is 293 g/mol. The molecule has 0 amide bonds. The van der Waals surface area contributed by atoms with Crippen molar-refractivity contribution in [3.63, 3.8) is 0 Å². The maximum absolute atomic E-state index is 12.5. The molecule has 0 heterocycles. The van der Waals surface area contributed by atoms with Crippen molar-refractivity contribution in [3.8, 4) is 0 Å². The molecule has 0 saturated carbocycles. The van der Waals surface area contributed by atoms with Crippen LogP contribution in [0, 0.1) is 0 Å².